The number of carbonyl (C=O) groups excluding carboxylic acids is 1. The van der Waals surface area contributed by atoms with E-state index in [1.165, 1.54) is 0 Å². The Labute approximate surface area is 120 Å². The third kappa shape index (κ3) is 1.91. The number of hydrogen-bond donors (Lipinski definition) is 0. The first-order valence-electron chi connectivity index (χ1n) is 4.50. The first-order valence-corrected chi connectivity index (χ1v) is 6.75. The molecule has 1 unspecified atom stereocenters. The minimum absolute atomic E-state index is 0.172. The summed E-state index contributed by atoms with van der Waals surface area (Å²) >= 11 is 11.3. The van der Waals surface area contributed by atoms with Crippen molar-refractivity contribution in [2.24, 2.45) is 0 Å². The van der Waals surface area contributed by atoms with Crippen molar-refractivity contribution in [2.45, 2.75) is 12.5 Å². The van der Waals surface area contributed by atoms with Crippen molar-refractivity contribution in [3.05, 3.63) is 42.9 Å². The number of halogens is 3. The van der Waals surface area contributed by atoms with Gasteiger partial charge in [0.25, 0.3) is 0 Å². The van der Waals surface area contributed by atoms with Crippen LogP contribution in [0.1, 0.15) is 12.5 Å². The molecule has 16 heavy (non-hydrogen) atoms. The fourth-order valence-corrected chi connectivity index (χ4v) is 2.65. The molecule has 0 aromatic heterocycles. The highest BCUT2D eigenvalue weighted by Gasteiger charge is 2.43. The SMILES string of the molecule is CC1(c2ccc(Br)cc2)OC(=O)C(Cl)=C1I. The lowest BCUT2D eigenvalue weighted by Crippen LogP contribution is -2.23. The number of hydrogen-bond acceptors (Lipinski definition) is 2. The van der Waals surface area contributed by atoms with Crippen LogP contribution >= 0.6 is 50.1 Å². The molecule has 1 heterocycles. The lowest BCUT2D eigenvalue weighted by atomic mass is 9.96. The Bertz CT molecular complexity index is 483. The molecular formula is C11H7BrClIO2. The average molecular weight is 413 g/mol. The Morgan fingerprint density at radius 3 is 2.38 bits per heavy atom. The van der Waals surface area contributed by atoms with E-state index in [-0.39, 0.29) is 5.03 Å². The maximum absolute atomic E-state index is 11.4. The minimum atomic E-state index is -0.755. The van der Waals surface area contributed by atoms with Crippen LogP contribution in [0.3, 0.4) is 0 Å². The van der Waals surface area contributed by atoms with Gasteiger partial charge in [0.1, 0.15) is 5.03 Å². The van der Waals surface area contributed by atoms with Gasteiger partial charge >= 0.3 is 5.97 Å². The maximum Gasteiger partial charge on any atom is 0.351 e. The van der Waals surface area contributed by atoms with Crippen molar-refractivity contribution in [1.82, 2.24) is 0 Å². The number of ether oxygens (including phenoxy) is 1. The molecule has 0 bridgehead atoms. The molecule has 5 heteroatoms. The molecule has 1 aromatic carbocycles. The van der Waals surface area contributed by atoms with Crippen LogP contribution in [-0.4, -0.2) is 5.97 Å². The molecule has 0 fully saturated rings. The summed E-state index contributed by atoms with van der Waals surface area (Å²) in [6.45, 7) is 1.84. The van der Waals surface area contributed by atoms with Gasteiger partial charge in [0.2, 0.25) is 0 Å². The zero-order chi connectivity index (χ0) is 11.9. The van der Waals surface area contributed by atoms with Gasteiger partial charge in [0, 0.05) is 10.0 Å². The molecule has 1 aliphatic rings. The smallest absolute Gasteiger partial charge is 0.351 e. The number of esters is 1. The molecule has 84 valence electrons. The van der Waals surface area contributed by atoms with E-state index in [4.69, 9.17) is 16.3 Å². The molecule has 0 spiro atoms. The van der Waals surface area contributed by atoms with E-state index in [0.29, 0.717) is 0 Å². The molecule has 0 saturated heterocycles. The zero-order valence-corrected chi connectivity index (χ0v) is 12.8. The number of rotatable bonds is 1. The van der Waals surface area contributed by atoms with E-state index >= 15 is 0 Å². The summed E-state index contributed by atoms with van der Waals surface area (Å²) < 4.78 is 7.03. The summed E-state index contributed by atoms with van der Waals surface area (Å²) in [4.78, 5) is 11.4. The van der Waals surface area contributed by atoms with E-state index < -0.39 is 11.6 Å². The van der Waals surface area contributed by atoms with Crippen LogP contribution in [0, 0.1) is 0 Å². The Balaban J connectivity index is 2.49. The van der Waals surface area contributed by atoms with E-state index in [0.717, 1.165) is 13.6 Å². The lowest BCUT2D eigenvalue weighted by molar-refractivity contribution is -0.145. The fourth-order valence-electron chi connectivity index (χ4n) is 1.53. The first kappa shape index (κ1) is 12.4. The van der Waals surface area contributed by atoms with Crippen LogP contribution in [0.15, 0.2) is 37.4 Å². The second kappa shape index (κ2) is 4.31. The summed E-state index contributed by atoms with van der Waals surface area (Å²) in [6.07, 6.45) is 0. The summed E-state index contributed by atoms with van der Waals surface area (Å²) in [6, 6.07) is 7.63. The van der Waals surface area contributed by atoms with Crippen molar-refractivity contribution >= 4 is 56.1 Å². The molecule has 2 rings (SSSR count). The van der Waals surface area contributed by atoms with Crippen molar-refractivity contribution in [3.8, 4) is 0 Å². The third-order valence-corrected chi connectivity index (χ3v) is 5.24. The quantitative estimate of drug-likeness (QED) is 0.512. The molecule has 2 nitrogen and oxygen atoms in total. The van der Waals surface area contributed by atoms with Gasteiger partial charge in [0.05, 0.1) is 3.58 Å². The van der Waals surface area contributed by atoms with Crippen LogP contribution < -0.4 is 0 Å². The maximum atomic E-state index is 11.4. The molecule has 1 aliphatic heterocycles. The highest BCUT2D eigenvalue weighted by atomic mass is 127. The van der Waals surface area contributed by atoms with Crippen LogP contribution in [-0.2, 0) is 15.1 Å². The number of carbonyl (C=O) groups is 1. The van der Waals surface area contributed by atoms with Crippen molar-refractivity contribution in [1.29, 1.82) is 0 Å². The third-order valence-electron chi connectivity index (χ3n) is 2.48. The van der Waals surface area contributed by atoms with Gasteiger partial charge in [0.15, 0.2) is 5.60 Å². The van der Waals surface area contributed by atoms with Gasteiger partial charge < -0.3 is 4.74 Å². The molecule has 0 saturated carbocycles. The van der Waals surface area contributed by atoms with Crippen LogP contribution in [0.5, 0.6) is 0 Å². The molecular weight excluding hydrogens is 406 g/mol. The minimum Gasteiger partial charge on any atom is -0.445 e. The second-order valence-corrected chi connectivity index (χ2v) is 5.93. The predicted octanol–water partition coefficient (Wildman–Crippen LogP) is 4.11. The van der Waals surface area contributed by atoms with Crippen molar-refractivity contribution in [3.63, 3.8) is 0 Å². The molecule has 0 radical (unpaired) electrons. The number of cyclic esters (lactones) is 1. The molecule has 0 N–H and O–H groups in total. The van der Waals surface area contributed by atoms with Crippen LogP contribution in [0.2, 0.25) is 0 Å². The van der Waals surface area contributed by atoms with Gasteiger partial charge in [-0.25, -0.2) is 4.79 Å². The summed E-state index contributed by atoms with van der Waals surface area (Å²) in [5.74, 6) is -0.462. The van der Waals surface area contributed by atoms with Gasteiger partial charge in [-0.2, -0.15) is 0 Å². The Morgan fingerprint density at radius 1 is 1.38 bits per heavy atom. The molecule has 1 atom stereocenters. The summed E-state index contributed by atoms with van der Waals surface area (Å²) in [5.41, 5.74) is 0.152. The monoisotopic (exact) mass is 412 g/mol. The standard InChI is InChI=1S/C11H7BrClIO2/c1-11(6-2-4-7(12)5-3-6)9(14)8(13)10(15)16-11/h2-5H,1H3. The Kier molecular flexibility index (Phi) is 3.34. The highest BCUT2D eigenvalue weighted by Crippen LogP contribution is 2.45. The molecule has 0 aliphatic carbocycles. The summed E-state index contributed by atoms with van der Waals surface area (Å²) in [7, 11) is 0. The van der Waals surface area contributed by atoms with Crippen LogP contribution in [0.4, 0.5) is 0 Å². The second-order valence-electron chi connectivity index (χ2n) is 3.56. The highest BCUT2D eigenvalue weighted by molar-refractivity contribution is 14.1. The largest absolute Gasteiger partial charge is 0.445 e. The van der Waals surface area contributed by atoms with Gasteiger partial charge in [-0.3, -0.25) is 0 Å². The molecule has 0 amide bonds. The topological polar surface area (TPSA) is 26.3 Å². The average Bonchev–Trinajstić information content (AvgIpc) is 2.45. The van der Waals surface area contributed by atoms with Gasteiger partial charge in [-0.05, 0) is 41.6 Å². The predicted molar refractivity (Wildman–Crippen MR) is 74.5 cm³/mol. The lowest BCUT2D eigenvalue weighted by Gasteiger charge is -2.24. The van der Waals surface area contributed by atoms with E-state index in [2.05, 4.69) is 38.5 Å². The Morgan fingerprint density at radius 2 is 1.94 bits per heavy atom. The number of benzene rings is 1. The first-order chi connectivity index (χ1) is 7.45. The van der Waals surface area contributed by atoms with E-state index in [9.17, 15) is 4.79 Å². The van der Waals surface area contributed by atoms with Crippen LogP contribution in [0.25, 0.3) is 0 Å². The normalized spacial score (nSPS) is 24.9. The van der Waals surface area contributed by atoms with Gasteiger partial charge in [-0.15, -0.1) is 0 Å². The van der Waals surface area contributed by atoms with Crippen molar-refractivity contribution in [2.75, 3.05) is 0 Å². The fraction of sp³-hybridized carbons (Fsp3) is 0.182. The Hall–Kier alpha value is -0.0700. The summed E-state index contributed by atoms with van der Waals surface area (Å²) in [5, 5.41) is 0.172. The van der Waals surface area contributed by atoms with E-state index in [1.807, 2.05) is 31.2 Å². The zero-order valence-electron chi connectivity index (χ0n) is 8.26. The molecule has 1 aromatic rings. The van der Waals surface area contributed by atoms with E-state index in [1.54, 1.807) is 0 Å². The van der Waals surface area contributed by atoms with Crippen molar-refractivity contribution < 1.29 is 9.53 Å². The van der Waals surface area contributed by atoms with Gasteiger partial charge in [-0.1, -0.05) is 39.7 Å².